The molecule has 180 valence electrons. The first kappa shape index (κ1) is 23.9. The van der Waals surface area contributed by atoms with Crippen LogP contribution in [0.4, 0.5) is 5.82 Å². The average molecular weight is 455 g/mol. The van der Waals surface area contributed by atoms with Gasteiger partial charge in [-0.1, -0.05) is 31.2 Å². The Morgan fingerprint density at radius 3 is 2.73 bits per heavy atom. The van der Waals surface area contributed by atoms with Crippen LogP contribution in [0.1, 0.15) is 51.5 Å². The second-order valence-corrected chi connectivity index (χ2v) is 10.1. The number of aromatic nitrogens is 2. The Morgan fingerprint density at radius 1 is 1.24 bits per heavy atom. The van der Waals surface area contributed by atoms with Crippen molar-refractivity contribution in [3.63, 3.8) is 0 Å². The molecule has 4 rings (SSSR count). The van der Waals surface area contributed by atoms with Gasteiger partial charge in [-0.05, 0) is 69.0 Å². The van der Waals surface area contributed by atoms with Crippen molar-refractivity contribution in [3.8, 4) is 0 Å². The van der Waals surface area contributed by atoms with Gasteiger partial charge in [-0.25, -0.2) is 4.98 Å². The van der Waals surface area contributed by atoms with E-state index in [0.29, 0.717) is 0 Å². The van der Waals surface area contributed by atoms with Crippen LogP contribution in [0.25, 0.3) is 11.0 Å². The van der Waals surface area contributed by atoms with Crippen LogP contribution in [0.2, 0.25) is 0 Å². The Kier molecular flexibility index (Phi) is 7.83. The van der Waals surface area contributed by atoms with Crippen LogP contribution in [0, 0.1) is 11.8 Å². The Morgan fingerprint density at radius 2 is 2.00 bits per heavy atom. The molecule has 2 aromatic rings. The van der Waals surface area contributed by atoms with Gasteiger partial charge in [-0.2, -0.15) is 0 Å². The molecule has 2 heterocycles. The van der Waals surface area contributed by atoms with Gasteiger partial charge in [0.25, 0.3) is 5.56 Å². The molecular weight excluding hydrogens is 416 g/mol. The van der Waals surface area contributed by atoms with Gasteiger partial charge >= 0.3 is 0 Å². The number of aliphatic hydroxyl groups excluding tert-OH is 2. The molecule has 2 unspecified atom stereocenters. The normalized spacial score (nSPS) is 23.7. The Bertz CT molecular complexity index is 1010. The zero-order valence-corrected chi connectivity index (χ0v) is 19.7. The van der Waals surface area contributed by atoms with Crippen LogP contribution in [-0.2, 0) is 0 Å². The molecule has 3 atom stereocenters. The molecular formula is C26H38N4O3. The minimum Gasteiger partial charge on any atom is -0.394 e. The highest BCUT2D eigenvalue weighted by Crippen LogP contribution is 2.34. The molecule has 1 aliphatic heterocycles. The summed E-state index contributed by atoms with van der Waals surface area (Å²) in [6, 6.07) is 7.85. The molecule has 1 saturated heterocycles. The van der Waals surface area contributed by atoms with Crippen molar-refractivity contribution in [2.75, 3.05) is 38.1 Å². The topological polar surface area (TPSA) is 90.6 Å². The predicted octanol–water partition coefficient (Wildman–Crippen LogP) is 3.18. The summed E-state index contributed by atoms with van der Waals surface area (Å²) in [7, 11) is 0. The van der Waals surface area contributed by atoms with E-state index in [1.165, 1.54) is 31.3 Å². The summed E-state index contributed by atoms with van der Waals surface area (Å²) >= 11 is 0. The first-order valence-electron chi connectivity index (χ1n) is 12.4. The lowest BCUT2D eigenvalue weighted by molar-refractivity contribution is 0.105. The molecule has 1 aromatic heterocycles. The van der Waals surface area contributed by atoms with E-state index < -0.39 is 6.10 Å². The highest BCUT2D eigenvalue weighted by Gasteiger charge is 2.26. The van der Waals surface area contributed by atoms with E-state index in [4.69, 9.17) is 5.11 Å². The Balaban J connectivity index is 1.43. The fraction of sp³-hybridized carbons (Fsp3) is 0.615. The monoisotopic (exact) mass is 454 g/mol. The zero-order valence-electron chi connectivity index (χ0n) is 19.7. The number of piperidine rings is 1. The third-order valence-electron chi connectivity index (χ3n) is 7.24. The average Bonchev–Trinajstić information content (AvgIpc) is 2.81. The van der Waals surface area contributed by atoms with Gasteiger partial charge in [-0.15, -0.1) is 0 Å². The van der Waals surface area contributed by atoms with Crippen molar-refractivity contribution in [1.82, 2.24) is 14.5 Å². The van der Waals surface area contributed by atoms with Crippen LogP contribution >= 0.6 is 0 Å². The minimum atomic E-state index is -0.932. The van der Waals surface area contributed by atoms with Gasteiger partial charge in [0, 0.05) is 25.7 Å². The summed E-state index contributed by atoms with van der Waals surface area (Å²) in [5.41, 5.74) is 2.86. The molecule has 2 fully saturated rings. The molecule has 7 nitrogen and oxygen atoms in total. The molecule has 2 aliphatic rings. The number of rotatable bonds is 8. The van der Waals surface area contributed by atoms with E-state index in [2.05, 4.69) is 28.7 Å². The summed E-state index contributed by atoms with van der Waals surface area (Å²) in [5, 5.41) is 21.7. The highest BCUT2D eigenvalue weighted by atomic mass is 16.3. The highest BCUT2D eigenvalue weighted by molar-refractivity contribution is 5.76. The van der Waals surface area contributed by atoms with Gasteiger partial charge in [0.1, 0.15) is 0 Å². The van der Waals surface area contributed by atoms with Crippen LogP contribution in [-0.4, -0.2) is 63.6 Å². The molecule has 1 aromatic carbocycles. The lowest BCUT2D eigenvalue weighted by Crippen LogP contribution is -2.39. The van der Waals surface area contributed by atoms with Gasteiger partial charge in [0.15, 0.2) is 5.82 Å². The summed E-state index contributed by atoms with van der Waals surface area (Å²) in [6.07, 6.45) is 5.84. The molecule has 0 amide bonds. The maximum Gasteiger partial charge on any atom is 0.294 e. The number of benzene rings is 1. The Hall–Kier alpha value is -2.22. The van der Waals surface area contributed by atoms with Crippen molar-refractivity contribution >= 4 is 16.9 Å². The number of para-hydroxylation sites is 2. The summed E-state index contributed by atoms with van der Waals surface area (Å²) in [4.78, 5) is 20.4. The first-order chi connectivity index (χ1) is 15.9. The smallest absolute Gasteiger partial charge is 0.294 e. The van der Waals surface area contributed by atoms with Crippen molar-refractivity contribution in [3.05, 3.63) is 46.8 Å². The molecule has 1 saturated carbocycles. The number of likely N-dealkylation sites (tertiary alicyclic amines) is 1. The molecule has 0 bridgehead atoms. The predicted molar refractivity (Wildman–Crippen MR) is 133 cm³/mol. The number of allylic oxidation sites excluding steroid dienone is 1. The number of nitrogens with zero attached hydrogens (tertiary/aromatic N) is 3. The van der Waals surface area contributed by atoms with Crippen molar-refractivity contribution < 1.29 is 10.2 Å². The quantitative estimate of drug-likeness (QED) is 0.531. The summed E-state index contributed by atoms with van der Waals surface area (Å²) in [6.45, 7) is 9.40. The molecule has 7 heteroatoms. The van der Waals surface area contributed by atoms with Gasteiger partial charge < -0.3 is 25.0 Å². The molecule has 1 aliphatic carbocycles. The number of hydrogen-bond acceptors (Lipinski definition) is 6. The largest absolute Gasteiger partial charge is 0.394 e. The van der Waals surface area contributed by atoms with E-state index in [9.17, 15) is 9.90 Å². The number of aliphatic hydroxyl groups is 2. The van der Waals surface area contributed by atoms with Crippen LogP contribution < -0.4 is 10.9 Å². The molecule has 0 spiro atoms. The fourth-order valence-electron chi connectivity index (χ4n) is 5.62. The van der Waals surface area contributed by atoms with Crippen molar-refractivity contribution in [1.29, 1.82) is 0 Å². The van der Waals surface area contributed by atoms with Crippen molar-refractivity contribution in [2.45, 2.75) is 57.6 Å². The van der Waals surface area contributed by atoms with E-state index in [-0.39, 0.29) is 30.6 Å². The number of nitrogens with one attached hydrogen (secondary N) is 1. The van der Waals surface area contributed by atoms with Gasteiger partial charge in [0.05, 0.1) is 23.7 Å². The van der Waals surface area contributed by atoms with E-state index in [1.807, 2.05) is 28.8 Å². The SMILES string of the molecule is C=C1CC(C)CC(CCN2CCC(n3c(=O)c(NC[C@@H](O)CO)nc4ccccc43)CC2)C1. The first-order valence-corrected chi connectivity index (χ1v) is 12.4. The maximum atomic E-state index is 13.3. The zero-order chi connectivity index (χ0) is 23.4. The van der Waals surface area contributed by atoms with E-state index in [0.717, 1.165) is 55.3 Å². The molecule has 33 heavy (non-hydrogen) atoms. The summed E-state index contributed by atoms with van der Waals surface area (Å²) < 4.78 is 1.89. The maximum absolute atomic E-state index is 13.3. The molecule has 0 radical (unpaired) electrons. The number of anilines is 1. The minimum absolute atomic E-state index is 0.0851. The number of hydrogen-bond donors (Lipinski definition) is 3. The third kappa shape index (κ3) is 5.83. The number of fused-ring (bicyclic) bond motifs is 1. The fourth-order valence-corrected chi connectivity index (χ4v) is 5.62. The van der Waals surface area contributed by atoms with Crippen LogP contribution in [0.5, 0.6) is 0 Å². The second-order valence-electron chi connectivity index (χ2n) is 10.1. The lowest BCUT2D eigenvalue weighted by Gasteiger charge is -2.35. The van der Waals surface area contributed by atoms with E-state index in [1.54, 1.807) is 0 Å². The second kappa shape index (κ2) is 10.8. The lowest BCUT2D eigenvalue weighted by atomic mass is 9.78. The molecule has 3 N–H and O–H groups in total. The van der Waals surface area contributed by atoms with Gasteiger partial charge in [0.2, 0.25) is 0 Å². The Labute approximate surface area is 196 Å². The van der Waals surface area contributed by atoms with E-state index >= 15 is 0 Å². The summed E-state index contributed by atoms with van der Waals surface area (Å²) in [5.74, 6) is 1.75. The van der Waals surface area contributed by atoms with Crippen LogP contribution in [0.15, 0.2) is 41.2 Å². The third-order valence-corrected chi connectivity index (χ3v) is 7.24. The van der Waals surface area contributed by atoms with Crippen LogP contribution in [0.3, 0.4) is 0 Å². The standard InChI is InChI=1S/C26H38N4O3/c1-18-13-19(2)15-20(14-18)7-10-29-11-8-21(9-12-29)30-24-6-4-3-5-23(24)28-25(26(30)33)27-16-22(32)17-31/h3-6,19-22,31-32H,1,7-17H2,2H3,(H,27,28)/t19?,20?,22-/m1/s1. The van der Waals surface area contributed by atoms with Gasteiger partial charge in [-0.3, -0.25) is 4.79 Å². The van der Waals surface area contributed by atoms with Crippen molar-refractivity contribution in [2.24, 2.45) is 11.8 Å².